The summed E-state index contributed by atoms with van der Waals surface area (Å²) in [5.41, 5.74) is 0.951. The maximum atomic E-state index is 13.0. The van der Waals surface area contributed by atoms with E-state index in [-0.39, 0.29) is 16.8 Å². The van der Waals surface area contributed by atoms with E-state index >= 15 is 0 Å². The van der Waals surface area contributed by atoms with Gasteiger partial charge in [0.1, 0.15) is 5.82 Å². The summed E-state index contributed by atoms with van der Waals surface area (Å²) in [6.07, 6.45) is 0. The zero-order valence-electron chi connectivity index (χ0n) is 10.2. The minimum absolute atomic E-state index is 0.112. The van der Waals surface area contributed by atoms with Crippen molar-refractivity contribution in [1.29, 1.82) is 0 Å². The predicted octanol–water partition coefficient (Wildman–Crippen LogP) is 3.72. The molecule has 0 aliphatic carbocycles. The highest BCUT2D eigenvalue weighted by Crippen LogP contribution is 2.12. The summed E-state index contributed by atoms with van der Waals surface area (Å²) < 4.78 is 13.8. The van der Waals surface area contributed by atoms with Crippen LogP contribution in [0.1, 0.15) is 10.4 Å². The predicted molar refractivity (Wildman–Crippen MR) is 84.2 cm³/mol. The average Bonchev–Trinajstić information content (AvgIpc) is 2.38. The Morgan fingerprint density at radius 2 is 1.90 bits per heavy atom. The van der Waals surface area contributed by atoms with Crippen LogP contribution in [0.25, 0.3) is 0 Å². The minimum atomic E-state index is -0.379. The number of carbonyl (C=O) groups is 1. The summed E-state index contributed by atoms with van der Waals surface area (Å²) in [7, 11) is 0. The van der Waals surface area contributed by atoms with Crippen molar-refractivity contribution >= 4 is 44.9 Å². The molecule has 2 rings (SSSR count). The van der Waals surface area contributed by atoms with E-state index in [9.17, 15) is 9.18 Å². The molecule has 2 N–H and O–H groups in total. The molecule has 0 atom stereocenters. The van der Waals surface area contributed by atoms with E-state index in [1.807, 2.05) is 6.07 Å². The first-order valence-corrected chi connectivity index (χ1v) is 6.88. The van der Waals surface area contributed by atoms with Gasteiger partial charge < -0.3 is 5.32 Å². The minimum Gasteiger partial charge on any atom is -0.332 e. The van der Waals surface area contributed by atoms with Crippen molar-refractivity contribution in [2.75, 3.05) is 5.32 Å². The second kappa shape index (κ2) is 6.58. The van der Waals surface area contributed by atoms with E-state index in [0.717, 1.165) is 4.47 Å². The zero-order chi connectivity index (χ0) is 14.5. The molecular weight excluding hydrogens is 343 g/mol. The van der Waals surface area contributed by atoms with E-state index < -0.39 is 0 Å². The van der Waals surface area contributed by atoms with Gasteiger partial charge in [0.05, 0.1) is 0 Å². The van der Waals surface area contributed by atoms with Crippen LogP contribution in [0.5, 0.6) is 0 Å². The van der Waals surface area contributed by atoms with Crippen LogP contribution in [-0.2, 0) is 0 Å². The summed E-state index contributed by atoms with van der Waals surface area (Å²) in [4.78, 5) is 11.9. The molecule has 0 aromatic heterocycles. The van der Waals surface area contributed by atoms with Gasteiger partial charge in [0.2, 0.25) is 0 Å². The average molecular weight is 353 g/mol. The van der Waals surface area contributed by atoms with Crippen molar-refractivity contribution in [3.63, 3.8) is 0 Å². The number of rotatable bonds is 2. The first kappa shape index (κ1) is 14.6. The molecule has 0 saturated heterocycles. The van der Waals surface area contributed by atoms with Crippen LogP contribution < -0.4 is 10.6 Å². The van der Waals surface area contributed by atoms with Crippen molar-refractivity contribution < 1.29 is 9.18 Å². The Labute approximate surface area is 129 Å². The lowest BCUT2D eigenvalue weighted by molar-refractivity contribution is 0.0977. The molecule has 0 fully saturated rings. The smallest absolute Gasteiger partial charge is 0.257 e. The van der Waals surface area contributed by atoms with Gasteiger partial charge in [0.15, 0.2) is 5.11 Å². The number of amides is 1. The molecule has 20 heavy (non-hydrogen) atoms. The second-order valence-electron chi connectivity index (χ2n) is 3.93. The fourth-order valence-corrected chi connectivity index (χ4v) is 2.14. The Morgan fingerprint density at radius 3 is 2.60 bits per heavy atom. The van der Waals surface area contributed by atoms with Crippen LogP contribution in [0, 0.1) is 5.82 Å². The van der Waals surface area contributed by atoms with E-state index in [0.29, 0.717) is 11.3 Å². The Kier molecular flexibility index (Phi) is 4.81. The lowest BCUT2D eigenvalue weighted by Gasteiger charge is -2.09. The number of hydrogen-bond acceptors (Lipinski definition) is 2. The quantitative estimate of drug-likeness (QED) is 0.809. The summed E-state index contributed by atoms with van der Waals surface area (Å²) in [5.74, 6) is -0.712. The van der Waals surface area contributed by atoms with Gasteiger partial charge in [-0.15, -0.1) is 0 Å². The molecule has 2 aromatic rings. The first-order valence-electron chi connectivity index (χ1n) is 5.68. The molecule has 0 heterocycles. The monoisotopic (exact) mass is 352 g/mol. The van der Waals surface area contributed by atoms with Crippen molar-refractivity contribution in [3.8, 4) is 0 Å². The molecule has 2 aromatic carbocycles. The fraction of sp³-hybridized carbons (Fsp3) is 0. The molecule has 102 valence electrons. The van der Waals surface area contributed by atoms with E-state index in [1.165, 1.54) is 12.1 Å². The number of anilines is 1. The molecule has 0 radical (unpaired) electrons. The molecule has 6 heteroatoms. The summed E-state index contributed by atoms with van der Waals surface area (Å²) in [6, 6.07) is 12.7. The molecule has 0 spiro atoms. The molecule has 1 amide bonds. The Bertz CT molecular complexity index is 663. The van der Waals surface area contributed by atoms with Crippen LogP contribution >= 0.6 is 28.1 Å². The van der Waals surface area contributed by atoms with Crippen molar-refractivity contribution in [3.05, 3.63) is 64.4 Å². The maximum Gasteiger partial charge on any atom is 0.257 e. The van der Waals surface area contributed by atoms with Gasteiger partial charge in [0, 0.05) is 15.7 Å². The number of thiocarbonyl (C=S) groups is 1. The Balaban J connectivity index is 1.99. The third-order valence-corrected chi connectivity index (χ3v) is 3.09. The van der Waals surface area contributed by atoms with Crippen molar-refractivity contribution in [1.82, 2.24) is 5.32 Å². The van der Waals surface area contributed by atoms with Gasteiger partial charge in [-0.3, -0.25) is 10.1 Å². The topological polar surface area (TPSA) is 41.1 Å². The number of nitrogens with one attached hydrogen (secondary N) is 2. The second-order valence-corrected chi connectivity index (χ2v) is 5.25. The van der Waals surface area contributed by atoms with Crippen LogP contribution in [-0.4, -0.2) is 11.0 Å². The van der Waals surface area contributed by atoms with Crippen molar-refractivity contribution in [2.24, 2.45) is 0 Å². The normalized spacial score (nSPS) is 9.90. The van der Waals surface area contributed by atoms with Gasteiger partial charge in [0.25, 0.3) is 5.91 Å². The standard InChI is InChI=1S/C14H10BrFN2OS/c15-10-4-1-3-9(7-10)13(19)18-14(20)17-12-6-2-5-11(16)8-12/h1-8H,(H2,17,18,19,20). The molecule has 0 aliphatic heterocycles. The van der Waals surface area contributed by atoms with E-state index in [2.05, 4.69) is 26.6 Å². The van der Waals surface area contributed by atoms with Gasteiger partial charge >= 0.3 is 0 Å². The van der Waals surface area contributed by atoms with Gasteiger partial charge in [-0.2, -0.15) is 0 Å². The molecule has 3 nitrogen and oxygen atoms in total. The Morgan fingerprint density at radius 1 is 1.15 bits per heavy atom. The van der Waals surface area contributed by atoms with Gasteiger partial charge in [-0.1, -0.05) is 28.1 Å². The molecular formula is C14H10BrFN2OS. The lowest BCUT2D eigenvalue weighted by atomic mass is 10.2. The third-order valence-electron chi connectivity index (χ3n) is 2.40. The Hall–Kier alpha value is -1.79. The van der Waals surface area contributed by atoms with Crippen LogP contribution in [0.4, 0.5) is 10.1 Å². The largest absolute Gasteiger partial charge is 0.332 e. The zero-order valence-corrected chi connectivity index (χ0v) is 12.6. The molecule has 0 bridgehead atoms. The van der Waals surface area contributed by atoms with E-state index in [4.69, 9.17) is 12.2 Å². The van der Waals surface area contributed by atoms with E-state index in [1.54, 1.807) is 30.3 Å². The third kappa shape index (κ3) is 4.11. The highest BCUT2D eigenvalue weighted by molar-refractivity contribution is 9.10. The summed E-state index contributed by atoms with van der Waals surface area (Å²) >= 11 is 8.30. The molecule has 0 aliphatic rings. The SMILES string of the molecule is O=C(NC(=S)Nc1cccc(F)c1)c1cccc(Br)c1. The number of benzene rings is 2. The van der Waals surface area contributed by atoms with Crippen molar-refractivity contribution in [2.45, 2.75) is 0 Å². The highest BCUT2D eigenvalue weighted by Gasteiger charge is 2.08. The number of carbonyl (C=O) groups excluding carboxylic acids is 1. The number of halogens is 2. The summed E-state index contributed by atoms with van der Waals surface area (Å²) in [6.45, 7) is 0. The van der Waals surface area contributed by atoms with Gasteiger partial charge in [-0.05, 0) is 48.6 Å². The molecule has 0 unspecified atom stereocenters. The van der Waals surface area contributed by atoms with Crippen LogP contribution in [0.15, 0.2) is 53.0 Å². The van der Waals surface area contributed by atoms with Gasteiger partial charge in [-0.25, -0.2) is 4.39 Å². The number of hydrogen-bond donors (Lipinski definition) is 2. The van der Waals surface area contributed by atoms with Crippen LogP contribution in [0.2, 0.25) is 0 Å². The maximum absolute atomic E-state index is 13.0. The molecule has 0 saturated carbocycles. The lowest BCUT2D eigenvalue weighted by Crippen LogP contribution is -2.34. The summed E-state index contributed by atoms with van der Waals surface area (Å²) in [5, 5.41) is 5.39. The fourth-order valence-electron chi connectivity index (χ4n) is 1.53. The van der Waals surface area contributed by atoms with Crippen LogP contribution in [0.3, 0.4) is 0 Å². The first-order chi connectivity index (χ1) is 9.54. The highest BCUT2D eigenvalue weighted by atomic mass is 79.9.